The number of rotatable bonds is 6. The fraction of sp³-hybridized carbons (Fsp3) is 0.579. The Morgan fingerprint density at radius 3 is 2.14 bits per heavy atom. The van der Waals surface area contributed by atoms with Crippen molar-refractivity contribution in [3.63, 3.8) is 0 Å². The maximum atomic E-state index is 12.9. The van der Waals surface area contributed by atoms with Crippen LogP contribution in [0.4, 0.5) is 4.79 Å². The van der Waals surface area contributed by atoms with Gasteiger partial charge < -0.3 is 5.32 Å². The molecule has 1 aliphatic rings. The second kappa shape index (κ2) is 9.49. The summed E-state index contributed by atoms with van der Waals surface area (Å²) in [5.41, 5.74) is 1.13. The van der Waals surface area contributed by atoms with Gasteiger partial charge in [0.1, 0.15) is 0 Å². The van der Waals surface area contributed by atoms with Crippen molar-refractivity contribution < 1.29 is 18.0 Å². The van der Waals surface area contributed by atoms with Crippen LogP contribution in [-0.2, 0) is 14.8 Å². The third-order valence-corrected chi connectivity index (χ3v) is 7.28. The lowest BCUT2D eigenvalue weighted by Gasteiger charge is -2.36. The molecular formula is C19H30N4O4S. The van der Waals surface area contributed by atoms with Gasteiger partial charge in [0, 0.05) is 33.2 Å². The molecule has 0 radical (unpaired) electrons. The van der Waals surface area contributed by atoms with Crippen molar-refractivity contribution in [2.45, 2.75) is 44.0 Å². The van der Waals surface area contributed by atoms with Crippen molar-refractivity contribution in [1.82, 2.24) is 19.8 Å². The quantitative estimate of drug-likeness (QED) is 0.738. The highest BCUT2D eigenvalue weighted by atomic mass is 32.2. The van der Waals surface area contributed by atoms with E-state index in [-0.39, 0.29) is 0 Å². The molecule has 0 aromatic heterocycles. The van der Waals surface area contributed by atoms with Crippen molar-refractivity contribution in [2.75, 3.05) is 33.2 Å². The summed E-state index contributed by atoms with van der Waals surface area (Å²) >= 11 is 0. The molecule has 3 amide bonds. The maximum Gasteiger partial charge on any atom is 0.321 e. The Morgan fingerprint density at radius 1 is 1.07 bits per heavy atom. The molecule has 1 aromatic carbocycles. The second-order valence-electron chi connectivity index (χ2n) is 7.06. The molecule has 1 heterocycles. The minimum atomic E-state index is -3.56. The zero-order valence-electron chi connectivity index (χ0n) is 16.9. The molecule has 1 fully saturated rings. The number of imide groups is 1. The number of nitrogens with one attached hydrogen (secondary N) is 2. The molecule has 156 valence electrons. The van der Waals surface area contributed by atoms with Crippen LogP contribution in [0.15, 0.2) is 29.2 Å². The first-order chi connectivity index (χ1) is 13.2. The first kappa shape index (κ1) is 22.3. The van der Waals surface area contributed by atoms with E-state index in [2.05, 4.69) is 24.5 Å². The minimum Gasteiger partial charge on any atom is -0.341 e. The van der Waals surface area contributed by atoms with E-state index in [1.54, 1.807) is 19.1 Å². The van der Waals surface area contributed by atoms with Gasteiger partial charge >= 0.3 is 6.03 Å². The van der Waals surface area contributed by atoms with Gasteiger partial charge in [-0.25, -0.2) is 13.2 Å². The van der Waals surface area contributed by atoms with Crippen LogP contribution < -0.4 is 10.6 Å². The highest BCUT2D eigenvalue weighted by Gasteiger charge is 2.32. The van der Waals surface area contributed by atoms with Crippen LogP contribution in [0, 0.1) is 0 Å². The summed E-state index contributed by atoms with van der Waals surface area (Å²) < 4.78 is 27.3. The smallest absolute Gasteiger partial charge is 0.321 e. The average Bonchev–Trinajstić information content (AvgIpc) is 2.72. The van der Waals surface area contributed by atoms with Gasteiger partial charge in [-0.2, -0.15) is 4.31 Å². The number of sulfonamides is 1. The van der Waals surface area contributed by atoms with Crippen LogP contribution >= 0.6 is 0 Å². The molecule has 28 heavy (non-hydrogen) atoms. The summed E-state index contributed by atoms with van der Waals surface area (Å²) in [6, 6.07) is 6.02. The predicted molar refractivity (Wildman–Crippen MR) is 108 cm³/mol. The molecule has 0 unspecified atom stereocenters. The Bertz CT molecular complexity index is 787. The monoisotopic (exact) mass is 410 g/mol. The van der Waals surface area contributed by atoms with E-state index in [0.29, 0.717) is 37.0 Å². The Kier molecular flexibility index (Phi) is 7.56. The van der Waals surface area contributed by atoms with Crippen molar-refractivity contribution in [1.29, 1.82) is 0 Å². The molecule has 8 nitrogen and oxygen atoms in total. The summed E-state index contributed by atoms with van der Waals surface area (Å²) in [6.07, 6.45) is 1.000. The maximum absolute atomic E-state index is 12.9. The Hall–Kier alpha value is -1.97. The molecule has 9 heteroatoms. The standard InChI is InChI=1S/C19H30N4O4S/c1-5-14(2)16-6-8-17(9-7-16)28(26,27)23-12-10-22(11-13-23)15(3)18(24)21-19(25)20-4/h6-9,14-15H,5,10-13H2,1-4H3,(H2,20,21,24,25)/t14-,15+/m1/s1. The first-order valence-corrected chi connectivity index (χ1v) is 11.0. The SMILES string of the molecule is CC[C@@H](C)c1ccc(S(=O)(=O)N2CCN([C@@H](C)C(=O)NC(=O)NC)CC2)cc1. The lowest BCUT2D eigenvalue weighted by Crippen LogP contribution is -2.56. The number of amides is 3. The molecule has 2 rings (SSSR count). The van der Waals surface area contributed by atoms with E-state index in [1.807, 2.05) is 17.0 Å². The second-order valence-corrected chi connectivity index (χ2v) is 9.00. The van der Waals surface area contributed by atoms with E-state index in [0.717, 1.165) is 12.0 Å². The first-order valence-electron chi connectivity index (χ1n) is 9.57. The highest BCUT2D eigenvalue weighted by molar-refractivity contribution is 7.89. The van der Waals surface area contributed by atoms with Crippen molar-refractivity contribution in [3.05, 3.63) is 29.8 Å². The molecule has 1 aromatic rings. The molecule has 0 aliphatic carbocycles. The molecule has 0 bridgehead atoms. The van der Waals surface area contributed by atoms with Gasteiger partial charge in [-0.1, -0.05) is 26.0 Å². The fourth-order valence-electron chi connectivity index (χ4n) is 3.13. The molecule has 2 atom stereocenters. The summed E-state index contributed by atoms with van der Waals surface area (Å²) in [5.74, 6) is -0.0148. The number of piperazine rings is 1. The zero-order chi connectivity index (χ0) is 20.9. The Morgan fingerprint density at radius 2 is 1.64 bits per heavy atom. The molecule has 2 N–H and O–H groups in total. The van der Waals surface area contributed by atoms with Gasteiger partial charge in [-0.15, -0.1) is 0 Å². The number of carbonyl (C=O) groups excluding carboxylic acids is 2. The predicted octanol–water partition coefficient (Wildman–Crippen LogP) is 1.35. The van der Waals surface area contributed by atoms with Crippen LogP contribution in [0.25, 0.3) is 0 Å². The van der Waals surface area contributed by atoms with Crippen LogP contribution in [0.2, 0.25) is 0 Å². The van der Waals surface area contributed by atoms with Crippen molar-refractivity contribution in [3.8, 4) is 0 Å². The van der Waals surface area contributed by atoms with Gasteiger partial charge in [0.15, 0.2) is 0 Å². The highest BCUT2D eigenvalue weighted by Crippen LogP contribution is 2.23. The third kappa shape index (κ3) is 5.09. The number of carbonyl (C=O) groups is 2. The topological polar surface area (TPSA) is 98.8 Å². The number of nitrogens with zero attached hydrogens (tertiary/aromatic N) is 2. The summed E-state index contributed by atoms with van der Waals surface area (Å²) in [5, 5.41) is 4.59. The molecular weight excluding hydrogens is 380 g/mol. The van der Waals surface area contributed by atoms with Crippen molar-refractivity contribution in [2.24, 2.45) is 0 Å². The Balaban J connectivity index is 1.99. The van der Waals surface area contributed by atoms with E-state index < -0.39 is 28.0 Å². The van der Waals surface area contributed by atoms with Gasteiger partial charge in [-0.3, -0.25) is 15.0 Å². The van der Waals surface area contributed by atoms with E-state index >= 15 is 0 Å². The van der Waals surface area contributed by atoms with E-state index in [1.165, 1.54) is 11.4 Å². The van der Waals surface area contributed by atoms with Crippen LogP contribution in [-0.4, -0.2) is 68.8 Å². The Labute approximate surface area is 167 Å². The van der Waals surface area contributed by atoms with Crippen LogP contribution in [0.3, 0.4) is 0 Å². The largest absolute Gasteiger partial charge is 0.341 e. The van der Waals surface area contributed by atoms with Gasteiger partial charge in [0.05, 0.1) is 10.9 Å². The lowest BCUT2D eigenvalue weighted by atomic mass is 9.99. The third-order valence-electron chi connectivity index (χ3n) is 5.36. The summed E-state index contributed by atoms with van der Waals surface area (Å²) in [7, 11) is -2.12. The molecule has 1 aliphatic heterocycles. The molecule has 1 saturated heterocycles. The van der Waals surface area contributed by atoms with Gasteiger partial charge in [0.25, 0.3) is 0 Å². The zero-order valence-corrected chi connectivity index (χ0v) is 17.8. The number of hydrogen-bond acceptors (Lipinski definition) is 5. The van der Waals surface area contributed by atoms with Crippen LogP contribution in [0.5, 0.6) is 0 Å². The number of urea groups is 1. The summed E-state index contributed by atoms with van der Waals surface area (Å²) in [6.45, 7) is 7.37. The van der Waals surface area contributed by atoms with Crippen LogP contribution in [0.1, 0.15) is 38.7 Å². The van der Waals surface area contributed by atoms with E-state index in [4.69, 9.17) is 0 Å². The molecule has 0 saturated carbocycles. The van der Waals surface area contributed by atoms with Crippen molar-refractivity contribution >= 4 is 22.0 Å². The average molecular weight is 411 g/mol. The fourth-order valence-corrected chi connectivity index (χ4v) is 4.55. The molecule has 0 spiro atoms. The summed E-state index contributed by atoms with van der Waals surface area (Å²) in [4.78, 5) is 25.5. The van der Waals surface area contributed by atoms with E-state index in [9.17, 15) is 18.0 Å². The number of hydrogen-bond donors (Lipinski definition) is 2. The van der Waals surface area contributed by atoms with Gasteiger partial charge in [0.2, 0.25) is 15.9 Å². The normalized spacial score (nSPS) is 18.3. The van der Waals surface area contributed by atoms with Gasteiger partial charge in [-0.05, 0) is 37.0 Å². The minimum absolute atomic E-state index is 0.290. The lowest BCUT2D eigenvalue weighted by molar-refractivity contribution is -0.125. The number of benzene rings is 1.